The van der Waals surface area contributed by atoms with Crippen LogP contribution >= 0.6 is 23.2 Å². The molecule has 2 N–H and O–H groups in total. The molecule has 0 radical (unpaired) electrons. The number of carbonyl (C=O) groups is 1. The summed E-state index contributed by atoms with van der Waals surface area (Å²) in [6.45, 7) is 0. The van der Waals surface area contributed by atoms with Gasteiger partial charge in [0.1, 0.15) is 5.82 Å². The van der Waals surface area contributed by atoms with Crippen molar-refractivity contribution in [2.45, 2.75) is 0 Å². The molecule has 3 nitrogen and oxygen atoms in total. The summed E-state index contributed by atoms with van der Waals surface area (Å²) in [4.78, 5) is 10.7. The molecule has 0 atom stereocenters. The average molecular weight is 300 g/mol. The first-order valence-corrected chi connectivity index (χ1v) is 5.98. The number of hydrogen-bond donors (Lipinski definition) is 2. The number of nitrogens with one attached hydrogen (secondary N) is 1. The first-order chi connectivity index (χ1) is 8.97. The molecule has 0 fully saturated rings. The molecule has 0 heterocycles. The lowest BCUT2D eigenvalue weighted by atomic mass is 10.0. The summed E-state index contributed by atoms with van der Waals surface area (Å²) in [5.74, 6) is -0.541. The molecule has 0 aliphatic rings. The fourth-order valence-corrected chi connectivity index (χ4v) is 2.00. The number of halogens is 3. The SMILES string of the molecule is O=C(O)Nc1ccc(Cl)cc1-c1ccc(F)c(Cl)c1. The largest absolute Gasteiger partial charge is 0.465 e. The highest BCUT2D eigenvalue weighted by molar-refractivity contribution is 6.31. The van der Waals surface area contributed by atoms with Crippen LogP contribution in [0.5, 0.6) is 0 Å². The van der Waals surface area contributed by atoms with Gasteiger partial charge < -0.3 is 5.11 Å². The third-order valence-corrected chi connectivity index (χ3v) is 2.98. The van der Waals surface area contributed by atoms with Crippen LogP contribution in [0, 0.1) is 5.82 Å². The second kappa shape index (κ2) is 5.47. The normalized spacial score (nSPS) is 10.3. The van der Waals surface area contributed by atoms with Crippen LogP contribution in [-0.2, 0) is 0 Å². The summed E-state index contributed by atoms with van der Waals surface area (Å²) in [6, 6.07) is 8.79. The molecule has 0 saturated carbocycles. The van der Waals surface area contributed by atoms with Crippen LogP contribution in [0.25, 0.3) is 11.1 Å². The van der Waals surface area contributed by atoms with E-state index in [9.17, 15) is 9.18 Å². The van der Waals surface area contributed by atoms with E-state index in [2.05, 4.69) is 5.32 Å². The monoisotopic (exact) mass is 299 g/mol. The lowest BCUT2D eigenvalue weighted by molar-refractivity contribution is 0.210. The van der Waals surface area contributed by atoms with E-state index in [0.29, 0.717) is 21.8 Å². The lowest BCUT2D eigenvalue weighted by Crippen LogP contribution is -2.08. The summed E-state index contributed by atoms with van der Waals surface area (Å²) < 4.78 is 13.1. The highest BCUT2D eigenvalue weighted by Gasteiger charge is 2.10. The number of carboxylic acid groups (broad SMARTS) is 1. The summed E-state index contributed by atoms with van der Waals surface area (Å²) in [7, 11) is 0. The van der Waals surface area contributed by atoms with Crippen LogP contribution in [0.1, 0.15) is 0 Å². The Labute approximate surface area is 118 Å². The molecule has 0 spiro atoms. The van der Waals surface area contributed by atoms with Crippen LogP contribution in [0.15, 0.2) is 36.4 Å². The van der Waals surface area contributed by atoms with Gasteiger partial charge in [0.15, 0.2) is 0 Å². The Morgan fingerprint density at radius 1 is 1.16 bits per heavy atom. The van der Waals surface area contributed by atoms with Crippen molar-refractivity contribution in [2.75, 3.05) is 5.32 Å². The minimum atomic E-state index is -1.20. The summed E-state index contributed by atoms with van der Waals surface area (Å²) >= 11 is 11.6. The van der Waals surface area contributed by atoms with Gasteiger partial charge in [-0.3, -0.25) is 5.32 Å². The Balaban J connectivity index is 2.55. The predicted molar refractivity (Wildman–Crippen MR) is 73.5 cm³/mol. The third kappa shape index (κ3) is 3.16. The van der Waals surface area contributed by atoms with Crippen LogP contribution < -0.4 is 5.32 Å². The second-order valence-corrected chi connectivity index (χ2v) is 4.59. The van der Waals surface area contributed by atoms with Crippen molar-refractivity contribution in [1.29, 1.82) is 0 Å². The van der Waals surface area contributed by atoms with Gasteiger partial charge in [0.05, 0.1) is 10.7 Å². The minimum Gasteiger partial charge on any atom is -0.465 e. The number of amides is 1. The van der Waals surface area contributed by atoms with Crippen LogP contribution in [0.2, 0.25) is 10.0 Å². The number of rotatable bonds is 2. The van der Waals surface area contributed by atoms with Crippen molar-refractivity contribution in [1.82, 2.24) is 0 Å². The second-order valence-electron chi connectivity index (χ2n) is 3.75. The highest BCUT2D eigenvalue weighted by Crippen LogP contribution is 2.33. The van der Waals surface area contributed by atoms with E-state index in [-0.39, 0.29) is 5.02 Å². The zero-order valence-corrected chi connectivity index (χ0v) is 11.0. The Hall–Kier alpha value is -1.78. The fourth-order valence-electron chi connectivity index (χ4n) is 1.64. The average Bonchev–Trinajstić information content (AvgIpc) is 2.34. The molecule has 0 aliphatic carbocycles. The maximum absolute atomic E-state index is 13.1. The summed E-state index contributed by atoms with van der Waals surface area (Å²) in [5, 5.41) is 11.4. The van der Waals surface area contributed by atoms with Gasteiger partial charge in [0.25, 0.3) is 0 Å². The summed E-state index contributed by atoms with van der Waals surface area (Å²) in [6.07, 6.45) is -1.20. The van der Waals surface area contributed by atoms with Gasteiger partial charge >= 0.3 is 6.09 Å². The topological polar surface area (TPSA) is 49.3 Å². The molecule has 98 valence electrons. The van der Waals surface area contributed by atoms with Gasteiger partial charge in [0, 0.05) is 10.6 Å². The molecule has 0 saturated heterocycles. The van der Waals surface area contributed by atoms with Gasteiger partial charge in [-0.1, -0.05) is 29.3 Å². The smallest absolute Gasteiger partial charge is 0.409 e. The van der Waals surface area contributed by atoms with E-state index in [1.165, 1.54) is 24.3 Å². The zero-order chi connectivity index (χ0) is 14.0. The van der Waals surface area contributed by atoms with Crippen molar-refractivity contribution in [3.8, 4) is 11.1 Å². The van der Waals surface area contributed by atoms with E-state index in [4.69, 9.17) is 28.3 Å². The standard InChI is InChI=1S/C13H8Cl2FNO2/c14-8-2-4-12(17-13(18)19)9(6-8)7-1-3-11(16)10(15)5-7/h1-6,17H,(H,18,19). The molecule has 0 unspecified atom stereocenters. The maximum atomic E-state index is 13.1. The molecule has 0 bridgehead atoms. The minimum absolute atomic E-state index is 0.0428. The molecule has 2 aromatic carbocycles. The third-order valence-electron chi connectivity index (χ3n) is 2.45. The molecular formula is C13H8Cl2FNO2. The summed E-state index contributed by atoms with van der Waals surface area (Å²) in [5.41, 5.74) is 1.44. The van der Waals surface area contributed by atoms with Crippen molar-refractivity contribution in [3.05, 3.63) is 52.3 Å². The van der Waals surface area contributed by atoms with Crippen molar-refractivity contribution in [3.63, 3.8) is 0 Å². The Bertz CT molecular complexity index is 647. The van der Waals surface area contributed by atoms with Crippen molar-refractivity contribution >= 4 is 35.0 Å². The lowest BCUT2D eigenvalue weighted by Gasteiger charge is -2.10. The fraction of sp³-hybridized carbons (Fsp3) is 0. The Morgan fingerprint density at radius 3 is 2.53 bits per heavy atom. The number of hydrogen-bond acceptors (Lipinski definition) is 1. The van der Waals surface area contributed by atoms with E-state index < -0.39 is 11.9 Å². The molecule has 0 aliphatic heterocycles. The van der Waals surface area contributed by atoms with Crippen molar-refractivity contribution in [2.24, 2.45) is 0 Å². The molecule has 0 aromatic heterocycles. The maximum Gasteiger partial charge on any atom is 0.409 e. The first kappa shape index (κ1) is 13.6. The highest BCUT2D eigenvalue weighted by atomic mass is 35.5. The van der Waals surface area contributed by atoms with Gasteiger partial charge in [-0.25, -0.2) is 9.18 Å². The van der Waals surface area contributed by atoms with E-state index in [1.54, 1.807) is 12.1 Å². The molecular weight excluding hydrogens is 292 g/mol. The van der Waals surface area contributed by atoms with Crippen LogP contribution in [0.3, 0.4) is 0 Å². The predicted octanol–water partition coefficient (Wildman–Crippen LogP) is 4.89. The Kier molecular flexibility index (Phi) is 3.93. The van der Waals surface area contributed by atoms with Gasteiger partial charge in [-0.15, -0.1) is 0 Å². The van der Waals surface area contributed by atoms with E-state index >= 15 is 0 Å². The zero-order valence-electron chi connectivity index (χ0n) is 9.45. The van der Waals surface area contributed by atoms with E-state index in [0.717, 1.165) is 0 Å². The van der Waals surface area contributed by atoms with Gasteiger partial charge in [-0.2, -0.15) is 0 Å². The quantitative estimate of drug-likeness (QED) is 0.829. The molecule has 6 heteroatoms. The number of benzene rings is 2. The van der Waals surface area contributed by atoms with Crippen LogP contribution in [0.4, 0.5) is 14.9 Å². The molecule has 19 heavy (non-hydrogen) atoms. The van der Waals surface area contributed by atoms with Gasteiger partial charge in [-0.05, 0) is 35.9 Å². The van der Waals surface area contributed by atoms with E-state index in [1.807, 2.05) is 0 Å². The Morgan fingerprint density at radius 2 is 1.89 bits per heavy atom. The van der Waals surface area contributed by atoms with Gasteiger partial charge in [0.2, 0.25) is 0 Å². The van der Waals surface area contributed by atoms with Crippen LogP contribution in [-0.4, -0.2) is 11.2 Å². The molecule has 1 amide bonds. The first-order valence-electron chi connectivity index (χ1n) is 5.22. The number of anilines is 1. The van der Waals surface area contributed by atoms with Crippen molar-refractivity contribution < 1.29 is 14.3 Å². The molecule has 2 aromatic rings. The molecule has 2 rings (SSSR count).